The summed E-state index contributed by atoms with van der Waals surface area (Å²) in [5.74, 6) is 0.00354. The lowest BCUT2D eigenvalue weighted by molar-refractivity contribution is -0.134. The van der Waals surface area contributed by atoms with E-state index in [-0.39, 0.29) is 17.7 Å². The topological polar surface area (TPSA) is 49.4 Å². The van der Waals surface area contributed by atoms with E-state index in [1.807, 2.05) is 54.3 Å². The third-order valence-electron chi connectivity index (χ3n) is 4.71. The maximum atomic E-state index is 12.5. The van der Waals surface area contributed by atoms with Crippen LogP contribution in [-0.2, 0) is 9.59 Å². The molecule has 1 N–H and O–H groups in total. The van der Waals surface area contributed by atoms with Crippen LogP contribution in [0.3, 0.4) is 0 Å². The number of anilines is 1. The number of carbonyl (C=O) groups is 2. The lowest BCUT2D eigenvalue weighted by Gasteiger charge is -2.31. The summed E-state index contributed by atoms with van der Waals surface area (Å²) >= 11 is 0. The second-order valence-corrected chi connectivity index (χ2v) is 6.47. The zero-order chi connectivity index (χ0) is 17.6. The summed E-state index contributed by atoms with van der Waals surface area (Å²) in [6, 6.07) is 18.0. The van der Waals surface area contributed by atoms with Gasteiger partial charge in [-0.3, -0.25) is 9.59 Å². The minimum atomic E-state index is -0.127. The fourth-order valence-corrected chi connectivity index (χ4v) is 3.26. The van der Waals surface area contributed by atoms with Crippen LogP contribution in [0.1, 0.15) is 26.2 Å². The Hall–Kier alpha value is -2.62. The van der Waals surface area contributed by atoms with E-state index in [2.05, 4.69) is 17.4 Å². The minimum absolute atomic E-state index is 0.000985. The molecule has 4 nitrogen and oxygen atoms in total. The number of hydrogen-bond acceptors (Lipinski definition) is 2. The van der Waals surface area contributed by atoms with E-state index in [9.17, 15) is 9.59 Å². The number of rotatable bonds is 4. The molecule has 2 aromatic carbocycles. The van der Waals surface area contributed by atoms with Crippen molar-refractivity contribution in [2.75, 3.05) is 18.4 Å². The van der Waals surface area contributed by atoms with Gasteiger partial charge in [0, 0.05) is 25.2 Å². The molecular weight excluding hydrogens is 312 g/mol. The molecule has 0 aliphatic carbocycles. The molecule has 2 aromatic rings. The molecule has 0 radical (unpaired) electrons. The van der Waals surface area contributed by atoms with Gasteiger partial charge in [-0.25, -0.2) is 0 Å². The molecular formula is C21H24N2O2. The van der Waals surface area contributed by atoms with Gasteiger partial charge in [0.1, 0.15) is 0 Å². The molecule has 1 saturated heterocycles. The Morgan fingerprint density at radius 3 is 2.40 bits per heavy atom. The van der Waals surface area contributed by atoms with Crippen molar-refractivity contribution in [2.45, 2.75) is 26.2 Å². The van der Waals surface area contributed by atoms with Crippen LogP contribution in [-0.4, -0.2) is 29.8 Å². The monoisotopic (exact) mass is 336 g/mol. The predicted octanol–water partition coefficient (Wildman–Crippen LogP) is 3.94. The molecule has 0 bridgehead atoms. The fourth-order valence-electron chi connectivity index (χ4n) is 3.26. The lowest BCUT2D eigenvalue weighted by atomic mass is 9.96. The van der Waals surface area contributed by atoms with Crippen molar-refractivity contribution in [1.82, 2.24) is 4.90 Å². The number of likely N-dealkylation sites (tertiary alicyclic amines) is 1. The summed E-state index contributed by atoms with van der Waals surface area (Å²) < 4.78 is 0. The number of piperidine rings is 1. The van der Waals surface area contributed by atoms with E-state index >= 15 is 0 Å². The summed E-state index contributed by atoms with van der Waals surface area (Å²) in [7, 11) is 0. The molecule has 3 rings (SSSR count). The molecule has 0 aromatic heterocycles. The molecule has 0 spiro atoms. The highest BCUT2D eigenvalue weighted by molar-refractivity contribution is 5.93. The molecule has 1 unspecified atom stereocenters. The van der Waals surface area contributed by atoms with Crippen LogP contribution in [0.15, 0.2) is 54.6 Å². The van der Waals surface area contributed by atoms with Crippen molar-refractivity contribution in [2.24, 2.45) is 5.92 Å². The third kappa shape index (κ3) is 4.27. The van der Waals surface area contributed by atoms with E-state index in [4.69, 9.17) is 0 Å². The maximum absolute atomic E-state index is 12.5. The zero-order valence-corrected chi connectivity index (χ0v) is 14.6. The SMILES string of the molecule is CCC(=O)N1CCCC(C(=O)Nc2ccc(-c3ccccc3)cc2)C1. The van der Waals surface area contributed by atoms with Crippen molar-refractivity contribution >= 4 is 17.5 Å². The maximum Gasteiger partial charge on any atom is 0.229 e. The molecule has 25 heavy (non-hydrogen) atoms. The van der Waals surface area contributed by atoms with Gasteiger partial charge in [-0.05, 0) is 36.1 Å². The molecule has 4 heteroatoms. The van der Waals surface area contributed by atoms with E-state index in [0.29, 0.717) is 13.0 Å². The fraction of sp³-hybridized carbons (Fsp3) is 0.333. The average Bonchev–Trinajstić information content (AvgIpc) is 2.68. The van der Waals surface area contributed by atoms with Gasteiger partial charge in [-0.15, -0.1) is 0 Å². The number of amides is 2. The zero-order valence-electron chi connectivity index (χ0n) is 14.6. The van der Waals surface area contributed by atoms with Crippen LogP contribution < -0.4 is 5.32 Å². The molecule has 1 atom stereocenters. The first-order chi connectivity index (χ1) is 12.2. The molecule has 0 saturated carbocycles. The van der Waals surface area contributed by atoms with Gasteiger partial charge >= 0.3 is 0 Å². The Labute approximate surface area is 148 Å². The van der Waals surface area contributed by atoms with Crippen molar-refractivity contribution in [3.63, 3.8) is 0 Å². The van der Waals surface area contributed by atoms with Crippen molar-refractivity contribution < 1.29 is 9.59 Å². The van der Waals surface area contributed by atoms with Gasteiger partial charge in [0.25, 0.3) is 0 Å². The van der Waals surface area contributed by atoms with Crippen LogP contribution in [0, 0.1) is 5.92 Å². The Morgan fingerprint density at radius 2 is 1.72 bits per heavy atom. The Balaban J connectivity index is 1.62. The van der Waals surface area contributed by atoms with Gasteiger partial charge in [-0.1, -0.05) is 49.4 Å². The van der Waals surface area contributed by atoms with Gasteiger partial charge in [-0.2, -0.15) is 0 Å². The summed E-state index contributed by atoms with van der Waals surface area (Å²) in [5, 5.41) is 2.99. The first-order valence-electron chi connectivity index (χ1n) is 8.91. The highest BCUT2D eigenvalue weighted by Crippen LogP contribution is 2.23. The van der Waals surface area contributed by atoms with Gasteiger partial charge in [0.15, 0.2) is 0 Å². The Kier molecular flexibility index (Phi) is 5.49. The number of nitrogens with zero attached hydrogens (tertiary/aromatic N) is 1. The molecule has 130 valence electrons. The van der Waals surface area contributed by atoms with Crippen LogP contribution >= 0.6 is 0 Å². The highest BCUT2D eigenvalue weighted by atomic mass is 16.2. The summed E-state index contributed by atoms with van der Waals surface area (Å²) in [6.07, 6.45) is 2.22. The number of carbonyl (C=O) groups excluding carboxylic acids is 2. The Morgan fingerprint density at radius 1 is 1.04 bits per heavy atom. The van der Waals surface area contributed by atoms with E-state index in [0.717, 1.165) is 36.2 Å². The first kappa shape index (κ1) is 17.2. The van der Waals surface area contributed by atoms with Gasteiger partial charge in [0.2, 0.25) is 11.8 Å². The smallest absolute Gasteiger partial charge is 0.229 e. The second-order valence-electron chi connectivity index (χ2n) is 6.47. The quantitative estimate of drug-likeness (QED) is 0.919. The Bertz CT molecular complexity index is 725. The third-order valence-corrected chi connectivity index (χ3v) is 4.71. The van der Waals surface area contributed by atoms with Crippen molar-refractivity contribution in [3.8, 4) is 11.1 Å². The summed E-state index contributed by atoms with van der Waals surface area (Å²) in [5.41, 5.74) is 3.07. The summed E-state index contributed by atoms with van der Waals surface area (Å²) in [6.45, 7) is 3.16. The van der Waals surface area contributed by atoms with Crippen molar-refractivity contribution in [3.05, 3.63) is 54.6 Å². The van der Waals surface area contributed by atoms with Crippen LogP contribution in [0.4, 0.5) is 5.69 Å². The molecule has 1 aliphatic heterocycles. The molecule has 2 amide bonds. The van der Waals surface area contributed by atoms with Crippen LogP contribution in [0.2, 0.25) is 0 Å². The number of benzene rings is 2. The first-order valence-corrected chi connectivity index (χ1v) is 8.91. The van der Waals surface area contributed by atoms with E-state index in [1.54, 1.807) is 0 Å². The lowest BCUT2D eigenvalue weighted by Crippen LogP contribution is -2.43. The highest BCUT2D eigenvalue weighted by Gasteiger charge is 2.27. The second kappa shape index (κ2) is 7.97. The normalized spacial score (nSPS) is 17.2. The standard InChI is InChI=1S/C21H24N2O2/c1-2-20(24)23-14-6-9-18(15-23)21(25)22-19-12-10-17(11-13-19)16-7-4-3-5-8-16/h3-5,7-8,10-13,18H,2,6,9,14-15H2,1H3,(H,22,25). The molecule has 1 aliphatic rings. The summed E-state index contributed by atoms with van der Waals surface area (Å²) in [4.78, 5) is 26.2. The van der Waals surface area contributed by atoms with Crippen LogP contribution in [0.25, 0.3) is 11.1 Å². The number of hydrogen-bond donors (Lipinski definition) is 1. The van der Waals surface area contributed by atoms with E-state index in [1.165, 1.54) is 0 Å². The molecule has 1 heterocycles. The average molecular weight is 336 g/mol. The van der Waals surface area contributed by atoms with E-state index < -0.39 is 0 Å². The van der Waals surface area contributed by atoms with Gasteiger partial charge in [0.05, 0.1) is 5.92 Å². The molecule has 1 fully saturated rings. The van der Waals surface area contributed by atoms with Crippen LogP contribution in [0.5, 0.6) is 0 Å². The predicted molar refractivity (Wildman–Crippen MR) is 100 cm³/mol. The largest absolute Gasteiger partial charge is 0.342 e. The van der Waals surface area contributed by atoms with Gasteiger partial charge < -0.3 is 10.2 Å². The van der Waals surface area contributed by atoms with Crippen molar-refractivity contribution in [1.29, 1.82) is 0 Å². The minimum Gasteiger partial charge on any atom is -0.342 e. The number of nitrogens with one attached hydrogen (secondary N) is 1.